The Kier molecular flexibility index (Phi) is 5.78. The van der Waals surface area contributed by atoms with Gasteiger partial charge in [0.05, 0.1) is 24.4 Å². The Labute approximate surface area is 201 Å². The van der Waals surface area contributed by atoms with Gasteiger partial charge in [0.15, 0.2) is 0 Å². The summed E-state index contributed by atoms with van der Waals surface area (Å²) >= 11 is 0. The van der Waals surface area contributed by atoms with Crippen molar-refractivity contribution in [3.8, 4) is 17.1 Å². The number of aryl methyl sites for hydroxylation is 1. The fourth-order valence-corrected chi connectivity index (χ4v) is 4.14. The van der Waals surface area contributed by atoms with E-state index in [4.69, 9.17) is 9.26 Å². The largest absolute Gasteiger partial charge is 0.497 e. The van der Waals surface area contributed by atoms with Crippen LogP contribution in [-0.4, -0.2) is 23.3 Å². The van der Waals surface area contributed by atoms with Crippen molar-refractivity contribution in [2.45, 2.75) is 19.9 Å². The molecule has 1 N–H and O–H groups in total. The monoisotopic (exact) mass is 470 g/mol. The van der Waals surface area contributed by atoms with E-state index in [0.29, 0.717) is 34.1 Å². The predicted octanol–water partition coefficient (Wildman–Crippen LogP) is 5.89. The maximum atomic E-state index is 13.6. The van der Waals surface area contributed by atoms with E-state index in [1.54, 1.807) is 24.1 Å². The average molecular weight is 471 g/mol. The number of rotatable bonds is 5. The molecule has 1 aliphatic rings. The Morgan fingerprint density at radius 2 is 1.77 bits per heavy atom. The fourth-order valence-electron chi connectivity index (χ4n) is 4.14. The number of amides is 2. The molecule has 2 amide bonds. The first-order chi connectivity index (χ1) is 16.9. The molecule has 0 radical (unpaired) electrons. The lowest BCUT2D eigenvalue weighted by atomic mass is 9.94. The van der Waals surface area contributed by atoms with E-state index in [1.165, 1.54) is 12.1 Å². The van der Waals surface area contributed by atoms with Gasteiger partial charge in [0.1, 0.15) is 11.6 Å². The van der Waals surface area contributed by atoms with Gasteiger partial charge in [0, 0.05) is 11.3 Å². The number of ether oxygens (including phenoxy) is 1. The van der Waals surface area contributed by atoms with Crippen LogP contribution in [0.3, 0.4) is 0 Å². The third-order valence-corrected chi connectivity index (χ3v) is 5.96. The van der Waals surface area contributed by atoms with E-state index < -0.39 is 6.04 Å². The standard InChI is InChI=1S/C27H23FN4O3/c1-16-7-13-21(14-8-16)32-17(2)23(24(29-27(32)33)18-9-11-20(28)12-10-18)26-30-25(31-35-26)19-5-4-6-22(15-19)34-3/h4-15,24H,1-3H3,(H,29,33). The average Bonchev–Trinajstić information content (AvgIpc) is 3.35. The number of methoxy groups -OCH3 is 1. The van der Waals surface area contributed by atoms with Crippen LogP contribution < -0.4 is 15.0 Å². The molecular weight excluding hydrogens is 447 g/mol. The zero-order valence-corrected chi connectivity index (χ0v) is 19.4. The Bertz CT molecular complexity index is 1410. The molecule has 5 rings (SSSR count). The van der Waals surface area contributed by atoms with Crippen molar-refractivity contribution in [1.82, 2.24) is 15.5 Å². The number of halogens is 1. The fraction of sp³-hybridized carbons (Fsp3) is 0.148. The molecule has 35 heavy (non-hydrogen) atoms. The summed E-state index contributed by atoms with van der Waals surface area (Å²) < 4.78 is 24.6. The van der Waals surface area contributed by atoms with Gasteiger partial charge in [-0.15, -0.1) is 0 Å². The number of allylic oxidation sites excluding steroid dienone is 1. The summed E-state index contributed by atoms with van der Waals surface area (Å²) in [5.74, 6) is 0.948. The van der Waals surface area contributed by atoms with Gasteiger partial charge in [0.2, 0.25) is 5.82 Å². The normalized spacial score (nSPS) is 15.8. The second-order valence-electron chi connectivity index (χ2n) is 8.26. The van der Waals surface area contributed by atoms with E-state index in [2.05, 4.69) is 15.5 Å². The van der Waals surface area contributed by atoms with Crippen LogP contribution in [0.4, 0.5) is 14.9 Å². The van der Waals surface area contributed by atoms with Crippen LogP contribution in [0.25, 0.3) is 17.0 Å². The maximum absolute atomic E-state index is 13.6. The van der Waals surface area contributed by atoms with Crippen LogP contribution in [0.2, 0.25) is 0 Å². The van der Waals surface area contributed by atoms with Gasteiger partial charge in [0.25, 0.3) is 5.89 Å². The van der Waals surface area contributed by atoms with Crippen molar-refractivity contribution >= 4 is 17.3 Å². The van der Waals surface area contributed by atoms with Crippen LogP contribution in [0.15, 0.2) is 83.0 Å². The second kappa shape index (κ2) is 9.06. The minimum atomic E-state index is -0.608. The van der Waals surface area contributed by atoms with E-state index >= 15 is 0 Å². The number of carbonyl (C=O) groups is 1. The van der Waals surface area contributed by atoms with E-state index in [0.717, 1.165) is 11.1 Å². The molecule has 0 bridgehead atoms. The molecular formula is C27H23FN4O3. The summed E-state index contributed by atoms with van der Waals surface area (Å²) in [5, 5.41) is 7.20. The van der Waals surface area contributed by atoms with E-state index in [9.17, 15) is 9.18 Å². The molecule has 3 aromatic carbocycles. The SMILES string of the molecule is COc1cccc(-c2noc(C3=C(C)N(c4ccc(C)cc4)C(=O)NC3c3ccc(F)cc3)n2)c1. The highest BCUT2D eigenvalue weighted by molar-refractivity contribution is 6.01. The van der Waals surface area contributed by atoms with Crippen LogP contribution in [-0.2, 0) is 0 Å². The van der Waals surface area contributed by atoms with Gasteiger partial charge in [-0.1, -0.05) is 47.1 Å². The molecule has 0 spiro atoms. The first kappa shape index (κ1) is 22.3. The highest BCUT2D eigenvalue weighted by Gasteiger charge is 2.36. The van der Waals surface area contributed by atoms with E-state index in [-0.39, 0.29) is 17.7 Å². The first-order valence-corrected chi connectivity index (χ1v) is 11.1. The number of anilines is 1. The van der Waals surface area contributed by atoms with Gasteiger partial charge < -0.3 is 14.6 Å². The number of nitrogens with zero attached hydrogens (tertiary/aromatic N) is 3. The van der Waals surface area contributed by atoms with Gasteiger partial charge in [-0.2, -0.15) is 4.98 Å². The van der Waals surface area contributed by atoms with Crippen molar-refractivity contribution in [2.75, 3.05) is 12.0 Å². The smallest absolute Gasteiger partial charge is 0.326 e. The molecule has 1 aromatic heterocycles. The topological polar surface area (TPSA) is 80.5 Å². The molecule has 0 saturated heterocycles. The summed E-state index contributed by atoms with van der Waals surface area (Å²) in [6.07, 6.45) is 0. The highest BCUT2D eigenvalue weighted by Crippen LogP contribution is 2.39. The number of hydrogen-bond donors (Lipinski definition) is 1. The maximum Gasteiger partial charge on any atom is 0.326 e. The third kappa shape index (κ3) is 4.26. The molecule has 1 aliphatic heterocycles. The Morgan fingerprint density at radius 1 is 1.03 bits per heavy atom. The quantitative estimate of drug-likeness (QED) is 0.393. The number of nitrogens with one attached hydrogen (secondary N) is 1. The lowest BCUT2D eigenvalue weighted by Crippen LogP contribution is -2.46. The molecule has 7 nitrogen and oxygen atoms in total. The minimum Gasteiger partial charge on any atom is -0.497 e. The van der Waals surface area contributed by atoms with Crippen molar-refractivity contribution in [3.63, 3.8) is 0 Å². The Balaban J connectivity index is 1.64. The van der Waals surface area contributed by atoms with Crippen molar-refractivity contribution < 1.29 is 18.4 Å². The van der Waals surface area contributed by atoms with Crippen LogP contribution in [0.1, 0.15) is 30.0 Å². The molecule has 1 unspecified atom stereocenters. The number of urea groups is 1. The lowest BCUT2D eigenvalue weighted by Gasteiger charge is -2.35. The molecule has 2 heterocycles. The summed E-state index contributed by atoms with van der Waals surface area (Å²) in [6, 6.07) is 20.0. The molecule has 8 heteroatoms. The van der Waals surface area contributed by atoms with Gasteiger partial charge in [-0.25, -0.2) is 9.18 Å². The van der Waals surface area contributed by atoms with Gasteiger partial charge in [-0.05, 0) is 55.8 Å². The van der Waals surface area contributed by atoms with E-state index in [1.807, 2.05) is 62.4 Å². The molecule has 0 fully saturated rings. The van der Waals surface area contributed by atoms with Crippen LogP contribution in [0, 0.1) is 12.7 Å². The molecule has 0 aliphatic carbocycles. The first-order valence-electron chi connectivity index (χ1n) is 11.1. The second-order valence-corrected chi connectivity index (χ2v) is 8.26. The Morgan fingerprint density at radius 3 is 2.49 bits per heavy atom. The number of aromatic nitrogens is 2. The third-order valence-electron chi connectivity index (χ3n) is 5.96. The van der Waals surface area contributed by atoms with Gasteiger partial charge >= 0.3 is 6.03 Å². The van der Waals surface area contributed by atoms with Crippen LogP contribution in [0.5, 0.6) is 5.75 Å². The lowest BCUT2D eigenvalue weighted by molar-refractivity contribution is 0.244. The van der Waals surface area contributed by atoms with Gasteiger partial charge in [-0.3, -0.25) is 4.90 Å². The summed E-state index contributed by atoms with van der Waals surface area (Å²) in [7, 11) is 1.59. The highest BCUT2D eigenvalue weighted by atomic mass is 19.1. The number of hydrogen-bond acceptors (Lipinski definition) is 5. The number of carbonyl (C=O) groups excluding carboxylic acids is 1. The Hall–Kier alpha value is -4.46. The number of benzene rings is 3. The molecule has 176 valence electrons. The zero-order valence-electron chi connectivity index (χ0n) is 19.4. The van der Waals surface area contributed by atoms with Crippen molar-refractivity contribution in [3.05, 3.63) is 101 Å². The molecule has 1 atom stereocenters. The van der Waals surface area contributed by atoms with Crippen LogP contribution >= 0.6 is 0 Å². The molecule has 4 aromatic rings. The minimum absolute atomic E-state index is 0.256. The predicted molar refractivity (Wildman–Crippen MR) is 130 cm³/mol. The zero-order chi connectivity index (χ0) is 24.5. The summed E-state index contributed by atoms with van der Waals surface area (Å²) in [5.41, 5.74) is 4.46. The molecule has 0 saturated carbocycles. The van der Waals surface area contributed by atoms with Crippen molar-refractivity contribution in [1.29, 1.82) is 0 Å². The van der Waals surface area contributed by atoms with Crippen molar-refractivity contribution in [2.24, 2.45) is 0 Å². The summed E-state index contributed by atoms with van der Waals surface area (Å²) in [4.78, 5) is 19.5. The summed E-state index contributed by atoms with van der Waals surface area (Å²) in [6.45, 7) is 3.82.